The molecule has 0 saturated carbocycles. The maximum atomic E-state index is 11.3. The van der Waals surface area contributed by atoms with E-state index in [-0.39, 0.29) is 18.5 Å². The number of nitrogens with one attached hydrogen (secondary N) is 1. The average molecular weight is 215 g/mol. The van der Waals surface area contributed by atoms with Crippen LogP contribution >= 0.6 is 0 Å². The summed E-state index contributed by atoms with van der Waals surface area (Å²) in [6, 6.07) is 0. The van der Waals surface area contributed by atoms with Gasteiger partial charge >= 0.3 is 5.97 Å². The van der Waals surface area contributed by atoms with Crippen LogP contribution in [0, 0.1) is 0 Å². The third-order valence-corrected chi connectivity index (χ3v) is 2.18. The Hall–Kier alpha value is -1.10. The molecule has 0 aliphatic carbocycles. The number of carbonyl (C=O) groups excluding carboxylic acids is 2. The SMILES string of the molecule is CCC(=O)NCCOC(=O)[C@H]1CCCO1. The molecule has 0 spiro atoms. The van der Waals surface area contributed by atoms with E-state index in [1.807, 2.05) is 0 Å². The molecule has 1 amide bonds. The van der Waals surface area contributed by atoms with Crippen molar-refractivity contribution >= 4 is 11.9 Å². The van der Waals surface area contributed by atoms with E-state index in [0.717, 1.165) is 12.8 Å². The van der Waals surface area contributed by atoms with E-state index in [9.17, 15) is 9.59 Å². The second-order valence-electron chi connectivity index (χ2n) is 3.37. The standard InChI is InChI=1S/C10H17NO4/c1-2-9(12)11-5-7-15-10(13)8-4-3-6-14-8/h8H,2-7H2,1H3,(H,11,12)/t8-/m1/s1. The highest BCUT2D eigenvalue weighted by atomic mass is 16.6. The van der Waals surface area contributed by atoms with Crippen LogP contribution in [-0.4, -0.2) is 37.7 Å². The Morgan fingerprint density at radius 1 is 1.53 bits per heavy atom. The molecule has 1 aliphatic rings. The number of carbonyl (C=O) groups is 2. The summed E-state index contributed by atoms with van der Waals surface area (Å²) < 4.78 is 10.1. The lowest BCUT2D eigenvalue weighted by molar-refractivity contribution is -0.154. The maximum absolute atomic E-state index is 11.3. The van der Waals surface area contributed by atoms with Crippen LogP contribution < -0.4 is 5.32 Å². The Labute approximate surface area is 89.1 Å². The lowest BCUT2D eigenvalue weighted by Gasteiger charge is -2.09. The second-order valence-corrected chi connectivity index (χ2v) is 3.37. The van der Waals surface area contributed by atoms with Gasteiger partial charge in [0, 0.05) is 13.0 Å². The first kappa shape index (κ1) is 12.0. The first-order valence-corrected chi connectivity index (χ1v) is 5.29. The zero-order valence-electron chi connectivity index (χ0n) is 8.95. The summed E-state index contributed by atoms with van der Waals surface area (Å²) in [6.07, 6.45) is 1.69. The van der Waals surface area contributed by atoms with Gasteiger partial charge in [-0.1, -0.05) is 6.92 Å². The van der Waals surface area contributed by atoms with E-state index in [1.54, 1.807) is 6.92 Å². The minimum Gasteiger partial charge on any atom is -0.462 e. The highest BCUT2D eigenvalue weighted by Crippen LogP contribution is 2.12. The average Bonchev–Trinajstić information content (AvgIpc) is 2.77. The molecule has 1 atom stereocenters. The molecule has 5 heteroatoms. The van der Waals surface area contributed by atoms with Gasteiger partial charge in [-0.05, 0) is 12.8 Å². The fourth-order valence-electron chi connectivity index (χ4n) is 1.32. The summed E-state index contributed by atoms with van der Waals surface area (Å²) in [5.41, 5.74) is 0. The summed E-state index contributed by atoms with van der Waals surface area (Å²) in [4.78, 5) is 22.1. The number of hydrogen-bond acceptors (Lipinski definition) is 4. The van der Waals surface area contributed by atoms with E-state index >= 15 is 0 Å². The van der Waals surface area contributed by atoms with Crippen LogP contribution in [0.2, 0.25) is 0 Å². The van der Waals surface area contributed by atoms with Crippen LogP contribution in [0.4, 0.5) is 0 Å². The predicted molar refractivity (Wildman–Crippen MR) is 53.2 cm³/mol. The second kappa shape index (κ2) is 6.40. The van der Waals surface area contributed by atoms with Crippen molar-refractivity contribution in [3.63, 3.8) is 0 Å². The molecule has 86 valence electrons. The monoisotopic (exact) mass is 215 g/mol. The van der Waals surface area contributed by atoms with E-state index in [1.165, 1.54) is 0 Å². The van der Waals surface area contributed by atoms with Gasteiger partial charge < -0.3 is 14.8 Å². The van der Waals surface area contributed by atoms with Gasteiger partial charge in [0.1, 0.15) is 6.61 Å². The summed E-state index contributed by atoms with van der Waals surface area (Å²) in [6.45, 7) is 2.98. The summed E-state index contributed by atoms with van der Waals surface area (Å²) in [7, 11) is 0. The van der Waals surface area contributed by atoms with Crippen molar-refractivity contribution in [2.24, 2.45) is 0 Å². The van der Waals surface area contributed by atoms with Gasteiger partial charge in [-0.2, -0.15) is 0 Å². The van der Waals surface area contributed by atoms with E-state index in [4.69, 9.17) is 9.47 Å². The van der Waals surface area contributed by atoms with Crippen LogP contribution in [0.5, 0.6) is 0 Å². The Morgan fingerprint density at radius 2 is 2.33 bits per heavy atom. The van der Waals surface area contributed by atoms with E-state index in [2.05, 4.69) is 5.32 Å². The fraction of sp³-hybridized carbons (Fsp3) is 0.800. The molecule has 0 aromatic heterocycles. The molecule has 1 saturated heterocycles. The minimum absolute atomic E-state index is 0.0387. The molecule has 0 aromatic rings. The number of rotatable bonds is 5. The van der Waals surface area contributed by atoms with Crippen LogP contribution in [0.25, 0.3) is 0 Å². The molecule has 1 fully saturated rings. The smallest absolute Gasteiger partial charge is 0.335 e. The van der Waals surface area contributed by atoms with Crippen molar-refractivity contribution in [3.05, 3.63) is 0 Å². The van der Waals surface area contributed by atoms with Crippen molar-refractivity contribution in [1.82, 2.24) is 5.32 Å². The third kappa shape index (κ3) is 4.29. The van der Waals surface area contributed by atoms with Gasteiger partial charge in [-0.15, -0.1) is 0 Å². The minimum atomic E-state index is -0.396. The third-order valence-electron chi connectivity index (χ3n) is 2.18. The first-order chi connectivity index (χ1) is 7.24. The van der Waals surface area contributed by atoms with Gasteiger partial charge in [0.25, 0.3) is 0 Å². The molecule has 15 heavy (non-hydrogen) atoms. The quantitative estimate of drug-likeness (QED) is 0.527. The molecule has 0 unspecified atom stereocenters. The predicted octanol–water partition coefficient (Wildman–Crippen LogP) is 0.235. The van der Waals surface area contributed by atoms with Crippen LogP contribution in [0.1, 0.15) is 26.2 Å². The normalized spacial score (nSPS) is 19.9. The number of ether oxygens (including phenoxy) is 2. The van der Waals surface area contributed by atoms with Gasteiger partial charge in [0.15, 0.2) is 6.10 Å². The lowest BCUT2D eigenvalue weighted by atomic mass is 10.2. The Morgan fingerprint density at radius 3 is 2.93 bits per heavy atom. The number of hydrogen-bond donors (Lipinski definition) is 1. The number of esters is 1. The van der Waals surface area contributed by atoms with Gasteiger partial charge in [0.2, 0.25) is 5.91 Å². The summed E-state index contributed by atoms with van der Waals surface area (Å²) in [5, 5.41) is 2.62. The van der Waals surface area contributed by atoms with Crippen molar-refractivity contribution in [2.75, 3.05) is 19.8 Å². The van der Waals surface area contributed by atoms with Crippen molar-refractivity contribution in [2.45, 2.75) is 32.3 Å². The van der Waals surface area contributed by atoms with Crippen LogP contribution in [0.3, 0.4) is 0 Å². The number of amides is 1. The van der Waals surface area contributed by atoms with Crippen molar-refractivity contribution < 1.29 is 19.1 Å². The molecule has 1 aliphatic heterocycles. The topological polar surface area (TPSA) is 64.6 Å². The largest absolute Gasteiger partial charge is 0.462 e. The zero-order chi connectivity index (χ0) is 11.1. The highest BCUT2D eigenvalue weighted by molar-refractivity contribution is 5.76. The molecule has 1 rings (SSSR count). The molecular weight excluding hydrogens is 198 g/mol. The summed E-state index contributed by atoms with van der Waals surface area (Å²) in [5.74, 6) is -0.360. The molecular formula is C10H17NO4. The molecule has 0 bridgehead atoms. The van der Waals surface area contributed by atoms with Crippen LogP contribution in [-0.2, 0) is 19.1 Å². The van der Waals surface area contributed by atoms with Crippen molar-refractivity contribution in [3.8, 4) is 0 Å². The molecule has 0 radical (unpaired) electrons. The van der Waals surface area contributed by atoms with E-state index in [0.29, 0.717) is 19.6 Å². The maximum Gasteiger partial charge on any atom is 0.335 e. The summed E-state index contributed by atoms with van der Waals surface area (Å²) >= 11 is 0. The molecule has 0 aromatic carbocycles. The van der Waals surface area contributed by atoms with E-state index < -0.39 is 6.10 Å². The van der Waals surface area contributed by atoms with Gasteiger partial charge in [-0.3, -0.25) is 4.79 Å². The first-order valence-electron chi connectivity index (χ1n) is 5.29. The Kier molecular flexibility index (Phi) is 5.10. The molecule has 5 nitrogen and oxygen atoms in total. The molecule has 1 heterocycles. The Bertz CT molecular complexity index is 223. The molecule has 1 N–H and O–H groups in total. The Balaban J connectivity index is 2.04. The van der Waals surface area contributed by atoms with Crippen LogP contribution in [0.15, 0.2) is 0 Å². The lowest BCUT2D eigenvalue weighted by Crippen LogP contribution is -2.29. The zero-order valence-corrected chi connectivity index (χ0v) is 8.95. The fourth-order valence-corrected chi connectivity index (χ4v) is 1.32. The van der Waals surface area contributed by atoms with Gasteiger partial charge in [-0.25, -0.2) is 4.79 Å². The highest BCUT2D eigenvalue weighted by Gasteiger charge is 2.24. The van der Waals surface area contributed by atoms with Crippen molar-refractivity contribution in [1.29, 1.82) is 0 Å². The van der Waals surface area contributed by atoms with Gasteiger partial charge in [0.05, 0.1) is 6.54 Å².